The Balaban J connectivity index is 1.61. The molecule has 1 atom stereocenters. The fourth-order valence-electron chi connectivity index (χ4n) is 2.31. The summed E-state index contributed by atoms with van der Waals surface area (Å²) in [6, 6.07) is 6.59. The van der Waals surface area contributed by atoms with E-state index in [0.717, 1.165) is 13.0 Å². The fourth-order valence-corrected chi connectivity index (χ4v) is 2.31. The van der Waals surface area contributed by atoms with E-state index in [2.05, 4.69) is 10.6 Å². The number of para-hydroxylation sites is 1. The third kappa shape index (κ3) is 4.90. The molecule has 1 heterocycles. The smallest absolute Gasteiger partial charge is 0.250 e. The van der Waals surface area contributed by atoms with Crippen LogP contribution in [0.25, 0.3) is 0 Å². The zero-order chi connectivity index (χ0) is 14.2. The third-order valence-corrected chi connectivity index (χ3v) is 3.40. The molecule has 0 aliphatic carbocycles. The number of hydrogen-bond acceptors (Lipinski definition) is 3. The highest BCUT2D eigenvalue weighted by atomic mass is 19.1. The van der Waals surface area contributed by atoms with Crippen LogP contribution in [0.15, 0.2) is 24.3 Å². The molecule has 2 N–H and O–H groups in total. The molecule has 1 saturated heterocycles. The standard InChI is InChI=1S/C15H21FN2O2/c16-13-6-1-2-7-14(13)18-15(19)11-20-10-8-12-5-3-4-9-17-12/h1-2,6-7,12,17H,3-5,8-11H2,(H,18,19). The van der Waals surface area contributed by atoms with Crippen molar-refractivity contribution in [2.24, 2.45) is 0 Å². The quantitative estimate of drug-likeness (QED) is 0.786. The summed E-state index contributed by atoms with van der Waals surface area (Å²) >= 11 is 0. The molecule has 1 aromatic rings. The molecule has 1 fully saturated rings. The van der Waals surface area contributed by atoms with Crippen LogP contribution in [0.1, 0.15) is 25.7 Å². The summed E-state index contributed by atoms with van der Waals surface area (Å²) in [4.78, 5) is 11.6. The van der Waals surface area contributed by atoms with Crippen LogP contribution < -0.4 is 10.6 Å². The number of anilines is 1. The molecule has 0 saturated carbocycles. The second-order valence-corrected chi connectivity index (χ2v) is 5.02. The van der Waals surface area contributed by atoms with Crippen LogP contribution in [0.4, 0.5) is 10.1 Å². The Morgan fingerprint density at radius 1 is 1.40 bits per heavy atom. The highest BCUT2D eigenvalue weighted by Crippen LogP contribution is 2.12. The number of carbonyl (C=O) groups is 1. The SMILES string of the molecule is O=C(COCCC1CCCCN1)Nc1ccccc1F. The van der Waals surface area contributed by atoms with Crippen molar-refractivity contribution in [3.63, 3.8) is 0 Å². The summed E-state index contributed by atoms with van der Waals surface area (Å²) in [5.74, 6) is -0.765. The lowest BCUT2D eigenvalue weighted by Crippen LogP contribution is -2.35. The molecule has 4 nitrogen and oxygen atoms in total. The van der Waals surface area contributed by atoms with E-state index in [1.54, 1.807) is 12.1 Å². The summed E-state index contributed by atoms with van der Waals surface area (Å²) in [7, 11) is 0. The maximum atomic E-state index is 13.3. The Kier molecular flexibility index (Phi) is 5.95. The van der Waals surface area contributed by atoms with Gasteiger partial charge in [0.25, 0.3) is 0 Å². The van der Waals surface area contributed by atoms with Gasteiger partial charge >= 0.3 is 0 Å². The van der Waals surface area contributed by atoms with Gasteiger partial charge in [-0.1, -0.05) is 18.6 Å². The second-order valence-electron chi connectivity index (χ2n) is 5.02. The molecule has 2 rings (SSSR count). The van der Waals surface area contributed by atoms with E-state index in [9.17, 15) is 9.18 Å². The van der Waals surface area contributed by atoms with E-state index in [4.69, 9.17) is 4.74 Å². The zero-order valence-corrected chi connectivity index (χ0v) is 11.5. The number of benzene rings is 1. The van der Waals surface area contributed by atoms with Crippen LogP contribution >= 0.6 is 0 Å². The van der Waals surface area contributed by atoms with E-state index in [1.807, 2.05) is 0 Å². The minimum atomic E-state index is -0.438. The van der Waals surface area contributed by atoms with Crippen LogP contribution in [-0.2, 0) is 9.53 Å². The van der Waals surface area contributed by atoms with Gasteiger partial charge in [0.05, 0.1) is 5.69 Å². The number of hydrogen-bond donors (Lipinski definition) is 2. The first-order valence-corrected chi connectivity index (χ1v) is 7.11. The Morgan fingerprint density at radius 3 is 3.00 bits per heavy atom. The van der Waals surface area contributed by atoms with Gasteiger partial charge in [0.15, 0.2) is 0 Å². The molecule has 1 amide bonds. The van der Waals surface area contributed by atoms with Crippen molar-refractivity contribution < 1.29 is 13.9 Å². The lowest BCUT2D eigenvalue weighted by atomic mass is 10.0. The molecule has 1 aliphatic heterocycles. The summed E-state index contributed by atoms with van der Waals surface area (Å²) in [5.41, 5.74) is 0.190. The van der Waals surface area contributed by atoms with E-state index >= 15 is 0 Å². The molecule has 1 unspecified atom stereocenters. The summed E-state index contributed by atoms with van der Waals surface area (Å²) in [5, 5.41) is 5.92. The summed E-state index contributed by atoms with van der Waals surface area (Å²) in [6.07, 6.45) is 4.58. The minimum absolute atomic E-state index is 0.0406. The largest absolute Gasteiger partial charge is 0.372 e. The summed E-state index contributed by atoms with van der Waals surface area (Å²) < 4.78 is 18.7. The zero-order valence-electron chi connectivity index (χ0n) is 11.5. The second kappa shape index (κ2) is 7.97. The number of rotatable bonds is 6. The molecule has 5 heteroatoms. The van der Waals surface area contributed by atoms with Crippen LogP contribution in [0.3, 0.4) is 0 Å². The number of ether oxygens (including phenoxy) is 1. The summed E-state index contributed by atoms with van der Waals surface area (Å²) in [6.45, 7) is 1.57. The molecule has 20 heavy (non-hydrogen) atoms. The maximum Gasteiger partial charge on any atom is 0.250 e. The molecule has 110 valence electrons. The van der Waals surface area contributed by atoms with E-state index in [-0.39, 0.29) is 18.2 Å². The van der Waals surface area contributed by atoms with Crippen molar-refractivity contribution in [1.82, 2.24) is 5.32 Å². The monoisotopic (exact) mass is 280 g/mol. The average Bonchev–Trinajstić information content (AvgIpc) is 2.47. The van der Waals surface area contributed by atoms with Gasteiger partial charge < -0.3 is 15.4 Å². The lowest BCUT2D eigenvalue weighted by Gasteiger charge is -2.23. The highest BCUT2D eigenvalue weighted by Gasteiger charge is 2.12. The molecule has 0 radical (unpaired) electrons. The first kappa shape index (κ1) is 14.9. The molecule has 0 aromatic heterocycles. The number of halogens is 1. The lowest BCUT2D eigenvalue weighted by molar-refractivity contribution is -0.120. The number of amides is 1. The van der Waals surface area contributed by atoms with Gasteiger partial charge in [-0.3, -0.25) is 4.79 Å². The number of carbonyl (C=O) groups excluding carboxylic acids is 1. The first-order chi connectivity index (χ1) is 9.75. The molecular formula is C15H21FN2O2. The van der Waals surface area contributed by atoms with Crippen molar-refractivity contribution >= 4 is 11.6 Å². The van der Waals surface area contributed by atoms with Crippen LogP contribution in [0.2, 0.25) is 0 Å². The van der Waals surface area contributed by atoms with Gasteiger partial charge in [-0.2, -0.15) is 0 Å². The van der Waals surface area contributed by atoms with Gasteiger partial charge in [0.1, 0.15) is 12.4 Å². The molecular weight excluding hydrogens is 259 g/mol. The van der Waals surface area contributed by atoms with Gasteiger partial charge in [-0.15, -0.1) is 0 Å². The van der Waals surface area contributed by atoms with Crippen LogP contribution in [0.5, 0.6) is 0 Å². The molecule has 0 bridgehead atoms. The van der Waals surface area contributed by atoms with E-state index < -0.39 is 5.82 Å². The van der Waals surface area contributed by atoms with Crippen molar-refractivity contribution in [3.8, 4) is 0 Å². The van der Waals surface area contributed by atoms with Crippen molar-refractivity contribution in [2.75, 3.05) is 25.1 Å². The maximum absolute atomic E-state index is 13.3. The van der Waals surface area contributed by atoms with Gasteiger partial charge in [-0.05, 0) is 37.9 Å². The Hall–Kier alpha value is -1.46. The Morgan fingerprint density at radius 2 is 2.25 bits per heavy atom. The average molecular weight is 280 g/mol. The van der Waals surface area contributed by atoms with Crippen molar-refractivity contribution in [2.45, 2.75) is 31.7 Å². The predicted octanol–water partition coefficient (Wildman–Crippen LogP) is 2.31. The Labute approximate surface area is 118 Å². The van der Waals surface area contributed by atoms with Gasteiger partial charge in [0.2, 0.25) is 5.91 Å². The van der Waals surface area contributed by atoms with Crippen molar-refractivity contribution in [3.05, 3.63) is 30.1 Å². The predicted molar refractivity (Wildman–Crippen MR) is 76.1 cm³/mol. The minimum Gasteiger partial charge on any atom is -0.372 e. The van der Waals surface area contributed by atoms with Gasteiger partial charge in [-0.25, -0.2) is 4.39 Å². The molecule has 1 aromatic carbocycles. The van der Waals surface area contributed by atoms with Crippen LogP contribution in [-0.4, -0.2) is 31.7 Å². The topological polar surface area (TPSA) is 50.4 Å². The Bertz CT molecular complexity index is 434. The van der Waals surface area contributed by atoms with E-state index in [1.165, 1.54) is 31.4 Å². The van der Waals surface area contributed by atoms with E-state index in [0.29, 0.717) is 12.6 Å². The van der Waals surface area contributed by atoms with Crippen molar-refractivity contribution in [1.29, 1.82) is 0 Å². The highest BCUT2D eigenvalue weighted by molar-refractivity contribution is 5.91. The first-order valence-electron chi connectivity index (χ1n) is 7.11. The third-order valence-electron chi connectivity index (χ3n) is 3.40. The molecule has 0 spiro atoms. The number of piperidine rings is 1. The number of nitrogens with one attached hydrogen (secondary N) is 2. The van der Waals surface area contributed by atoms with Crippen LogP contribution in [0, 0.1) is 5.82 Å². The molecule has 1 aliphatic rings. The fraction of sp³-hybridized carbons (Fsp3) is 0.533. The normalized spacial score (nSPS) is 18.8. The van der Waals surface area contributed by atoms with Gasteiger partial charge in [0, 0.05) is 12.6 Å².